The van der Waals surface area contributed by atoms with Gasteiger partial charge in [0.1, 0.15) is 11.8 Å². The van der Waals surface area contributed by atoms with E-state index >= 15 is 0 Å². The number of oxime groups is 1. The molecular weight excluding hydrogens is 684 g/mol. The molecule has 4 heterocycles. The van der Waals surface area contributed by atoms with Crippen LogP contribution in [0.2, 0.25) is 0 Å². The average Bonchev–Trinajstić information content (AvgIpc) is 3.36. The number of benzene rings is 1. The fraction of sp³-hybridized carbons (Fsp3) is 0.750. The first-order valence-corrected chi connectivity index (χ1v) is 19.1. The molecule has 3 unspecified atom stereocenters. The lowest BCUT2D eigenvalue weighted by atomic mass is 9.75. The lowest BCUT2D eigenvalue weighted by molar-refractivity contribution is -0.305. The zero-order chi connectivity index (χ0) is 38.8. The maximum Gasteiger partial charge on any atom is 0.311 e. The highest BCUT2D eigenvalue weighted by molar-refractivity contribution is 5.92. The van der Waals surface area contributed by atoms with Crippen molar-refractivity contribution >= 4 is 23.4 Å². The number of hydrogen-bond acceptors (Lipinski definition) is 13. The lowest BCUT2D eigenvalue weighted by Crippen LogP contribution is -2.60. The number of esters is 2. The molecule has 296 valence electrons. The second-order valence-corrected chi connectivity index (χ2v) is 16.2. The molecule has 14 atom stereocenters. The van der Waals surface area contributed by atoms with Gasteiger partial charge in [-0.15, -0.1) is 0 Å². The molecule has 0 aromatic heterocycles. The van der Waals surface area contributed by atoms with E-state index in [-0.39, 0.29) is 37.1 Å². The molecule has 0 spiro atoms. The summed E-state index contributed by atoms with van der Waals surface area (Å²) in [7, 11) is 3.87. The van der Waals surface area contributed by atoms with E-state index in [0.29, 0.717) is 30.7 Å². The SMILES string of the molecule is CC[C@H]1OC(=O)[C@H](C)[C@H]2OC/C(=N\Oc3ccccc3)CO[C@@](C)(C[C@@H](C)C3OC1(C)C(=O)C3C)[C@H](O[C@@H]1O[C@H](C)C[C@H](N(C)C)[C@H]1OC(C)=O)[C@@H]2C. The first kappa shape index (κ1) is 41.2. The molecule has 1 aromatic rings. The largest absolute Gasteiger partial charge is 0.459 e. The van der Waals surface area contributed by atoms with Gasteiger partial charge in [-0.1, -0.05) is 51.0 Å². The van der Waals surface area contributed by atoms with Gasteiger partial charge in [0.2, 0.25) is 0 Å². The van der Waals surface area contributed by atoms with Crippen LogP contribution in [0.15, 0.2) is 35.5 Å². The van der Waals surface area contributed by atoms with Crippen LogP contribution in [-0.4, -0.2) is 116 Å². The quantitative estimate of drug-likeness (QED) is 0.275. The highest BCUT2D eigenvalue weighted by atomic mass is 16.7. The minimum absolute atomic E-state index is 0.00370. The molecule has 4 saturated heterocycles. The number of ketones is 1. The molecule has 13 heteroatoms. The van der Waals surface area contributed by atoms with Gasteiger partial charge in [-0.05, 0) is 79.1 Å². The van der Waals surface area contributed by atoms with Crippen molar-refractivity contribution in [2.75, 3.05) is 27.3 Å². The first-order chi connectivity index (χ1) is 25.0. The molecule has 4 fully saturated rings. The number of cyclic esters (lactones) is 1. The molecule has 0 N–H and O–H groups in total. The summed E-state index contributed by atoms with van der Waals surface area (Å²) in [6.07, 6.45) is -3.44. The van der Waals surface area contributed by atoms with Crippen molar-refractivity contribution in [1.82, 2.24) is 4.90 Å². The molecule has 13 nitrogen and oxygen atoms in total. The van der Waals surface area contributed by atoms with Crippen LogP contribution < -0.4 is 4.84 Å². The summed E-state index contributed by atoms with van der Waals surface area (Å²) in [5, 5.41) is 4.44. The Hall–Kier alpha value is -2.94. The zero-order valence-corrected chi connectivity index (χ0v) is 33.2. The van der Waals surface area contributed by atoms with E-state index in [0.717, 1.165) is 0 Å². The van der Waals surface area contributed by atoms with Crippen molar-refractivity contribution in [3.05, 3.63) is 30.3 Å². The highest BCUT2D eigenvalue weighted by Crippen LogP contribution is 2.45. The third-order valence-electron chi connectivity index (χ3n) is 11.6. The molecule has 1 aromatic carbocycles. The third kappa shape index (κ3) is 8.81. The Bertz CT molecular complexity index is 1470. The number of ether oxygens (including phenoxy) is 7. The van der Waals surface area contributed by atoms with E-state index in [9.17, 15) is 14.4 Å². The number of hydrogen-bond donors (Lipinski definition) is 0. The number of Topliss-reactive ketones (excluding diaryl/α,β-unsaturated/α-hetero) is 1. The number of nitrogens with zero attached hydrogens (tertiary/aromatic N) is 2. The third-order valence-corrected chi connectivity index (χ3v) is 11.6. The molecule has 0 saturated carbocycles. The Balaban J connectivity index is 1.64. The number of carbonyl (C=O) groups excluding carboxylic acids is 3. The maximum atomic E-state index is 14.2. The zero-order valence-electron chi connectivity index (χ0n) is 33.2. The molecule has 4 aliphatic rings. The van der Waals surface area contributed by atoms with Crippen LogP contribution in [0.25, 0.3) is 0 Å². The van der Waals surface area contributed by atoms with E-state index in [1.54, 1.807) is 26.0 Å². The summed E-state index contributed by atoms with van der Waals surface area (Å²) in [6.45, 7) is 16.6. The van der Waals surface area contributed by atoms with E-state index in [1.807, 2.05) is 78.7 Å². The summed E-state index contributed by atoms with van der Waals surface area (Å²) in [5.41, 5.74) is -1.96. The van der Waals surface area contributed by atoms with Crippen LogP contribution in [0.5, 0.6) is 5.75 Å². The van der Waals surface area contributed by atoms with Gasteiger partial charge in [-0.3, -0.25) is 14.4 Å². The summed E-state index contributed by atoms with van der Waals surface area (Å²) < 4.78 is 45.9. The van der Waals surface area contributed by atoms with Crippen LogP contribution >= 0.6 is 0 Å². The molecular formula is C40H60N2O11. The average molecular weight is 745 g/mol. The predicted molar refractivity (Wildman–Crippen MR) is 195 cm³/mol. The van der Waals surface area contributed by atoms with Crippen molar-refractivity contribution in [2.24, 2.45) is 28.8 Å². The number of carbonyl (C=O) groups is 3. The molecule has 4 aliphatic heterocycles. The first-order valence-electron chi connectivity index (χ1n) is 19.1. The summed E-state index contributed by atoms with van der Waals surface area (Å²) in [5.74, 6) is -2.56. The molecule has 53 heavy (non-hydrogen) atoms. The van der Waals surface area contributed by atoms with Crippen molar-refractivity contribution in [3.63, 3.8) is 0 Å². The van der Waals surface area contributed by atoms with E-state index in [4.69, 9.17) is 38.0 Å². The Morgan fingerprint density at radius 2 is 1.70 bits per heavy atom. The van der Waals surface area contributed by atoms with Crippen LogP contribution in [0.1, 0.15) is 81.6 Å². The normalized spacial score (nSPS) is 42.1. The van der Waals surface area contributed by atoms with E-state index < -0.39 is 77.7 Å². The number of fused-ring (bicyclic) bond motifs is 5. The van der Waals surface area contributed by atoms with Gasteiger partial charge in [0.25, 0.3) is 0 Å². The minimum Gasteiger partial charge on any atom is -0.459 e. The minimum atomic E-state index is -1.32. The van der Waals surface area contributed by atoms with Crippen LogP contribution in [0, 0.1) is 23.7 Å². The van der Waals surface area contributed by atoms with Gasteiger partial charge >= 0.3 is 11.9 Å². The topological polar surface area (TPSA) is 141 Å². The van der Waals surface area contributed by atoms with Crippen molar-refractivity contribution < 1.29 is 52.4 Å². The predicted octanol–water partition coefficient (Wildman–Crippen LogP) is 4.97. The van der Waals surface area contributed by atoms with Gasteiger partial charge < -0.3 is 42.9 Å². The smallest absolute Gasteiger partial charge is 0.311 e. The molecule has 5 rings (SSSR count). The second kappa shape index (κ2) is 16.8. The maximum absolute atomic E-state index is 14.2. The van der Waals surface area contributed by atoms with Crippen molar-refractivity contribution in [2.45, 2.75) is 142 Å². The molecule has 0 amide bonds. The van der Waals surface area contributed by atoms with Crippen LogP contribution in [0.4, 0.5) is 0 Å². The lowest BCUT2D eigenvalue weighted by Gasteiger charge is -2.48. The van der Waals surface area contributed by atoms with Crippen molar-refractivity contribution in [1.29, 1.82) is 0 Å². The molecule has 0 aliphatic carbocycles. The van der Waals surface area contributed by atoms with E-state index in [2.05, 4.69) is 5.16 Å². The van der Waals surface area contributed by atoms with Gasteiger partial charge in [0.05, 0.1) is 55.2 Å². The summed E-state index contributed by atoms with van der Waals surface area (Å²) in [6, 6.07) is 8.99. The summed E-state index contributed by atoms with van der Waals surface area (Å²) >= 11 is 0. The van der Waals surface area contributed by atoms with Gasteiger partial charge in [0, 0.05) is 18.8 Å². The highest BCUT2D eigenvalue weighted by Gasteiger charge is 2.59. The van der Waals surface area contributed by atoms with Crippen LogP contribution in [-0.2, 0) is 47.5 Å². The number of likely N-dealkylation sites (N-methyl/N-ethyl adjacent to an activating group) is 1. The van der Waals surface area contributed by atoms with Gasteiger partial charge in [-0.2, -0.15) is 0 Å². The second-order valence-electron chi connectivity index (χ2n) is 16.2. The fourth-order valence-corrected chi connectivity index (χ4v) is 8.85. The van der Waals surface area contributed by atoms with E-state index in [1.165, 1.54) is 6.92 Å². The Labute approximate surface area is 314 Å². The monoisotopic (exact) mass is 744 g/mol. The Morgan fingerprint density at radius 1 is 1.00 bits per heavy atom. The standard InChI is InChI=1S/C40H60N2O11/c1-12-31-40(9)35(44)24(4)32(52-40)22(2)19-39(8)36(51-38-34(49-27(7)43)30(42(10)11)18-23(3)48-38)25(5)33(26(6)37(45)50-31)46-20-28(21-47-39)41-53-29-16-14-13-15-17-29/h13-17,22-26,30-34,36,38H,12,18-21H2,1-11H3/b41-28+/t22-,23-,24?,25-,26-,30+,31-,32?,33+,34-,36-,38+,39+,40?/m1/s1. The number of para-hydroxylation sites is 1. The Kier molecular flexibility index (Phi) is 13.1. The van der Waals surface area contributed by atoms with Crippen molar-refractivity contribution in [3.8, 4) is 5.75 Å². The molecule has 4 bridgehead atoms. The van der Waals surface area contributed by atoms with Gasteiger partial charge in [-0.25, -0.2) is 0 Å². The Morgan fingerprint density at radius 3 is 2.34 bits per heavy atom. The molecule has 0 radical (unpaired) electrons. The fourth-order valence-electron chi connectivity index (χ4n) is 8.85. The van der Waals surface area contributed by atoms with Gasteiger partial charge in [0.15, 0.2) is 29.5 Å². The summed E-state index contributed by atoms with van der Waals surface area (Å²) in [4.78, 5) is 48.5. The van der Waals surface area contributed by atoms with Crippen LogP contribution in [0.3, 0.4) is 0 Å². The number of rotatable bonds is 7.